The van der Waals surface area contributed by atoms with Crippen LogP contribution in [0.5, 0.6) is 17.2 Å². The number of carbonyl (C=O) groups is 2. The largest absolute Gasteiger partial charge is 0.507 e. The Balaban J connectivity index is 1.57. The number of hydrazone groups is 1. The smallest absolute Gasteiger partial charge is 0.287 e. The van der Waals surface area contributed by atoms with E-state index in [-0.39, 0.29) is 29.5 Å². The highest BCUT2D eigenvalue weighted by Gasteiger charge is 2.17. The van der Waals surface area contributed by atoms with Crippen LogP contribution in [-0.2, 0) is 4.79 Å². The summed E-state index contributed by atoms with van der Waals surface area (Å²) in [5, 5.41) is 27.2. The number of fused-ring (bicyclic) bond motifs is 1. The van der Waals surface area contributed by atoms with Crippen LogP contribution in [-0.4, -0.2) is 34.9 Å². The monoisotopic (exact) mass is 474 g/mol. The van der Waals surface area contributed by atoms with E-state index < -0.39 is 16.7 Å². The van der Waals surface area contributed by atoms with Gasteiger partial charge >= 0.3 is 0 Å². The zero-order valence-electron chi connectivity index (χ0n) is 18.0. The average molecular weight is 474 g/mol. The first-order chi connectivity index (χ1) is 16.9. The van der Waals surface area contributed by atoms with Gasteiger partial charge in [0.05, 0.1) is 11.1 Å². The molecule has 176 valence electrons. The van der Waals surface area contributed by atoms with Crippen molar-refractivity contribution in [3.8, 4) is 17.2 Å². The minimum atomic E-state index is -0.770. The SMILES string of the molecule is O=C(NN=Cc1cc([N+](=O)[O-])ccc1O)/C(=C\c1ccc2c(c1)OCO2)NC(=O)c1ccccc1. The second kappa shape index (κ2) is 10.2. The number of ether oxygens (including phenoxy) is 2. The topological polar surface area (TPSA) is 152 Å². The highest BCUT2D eigenvalue weighted by Crippen LogP contribution is 2.33. The van der Waals surface area contributed by atoms with Crippen LogP contribution in [0.4, 0.5) is 5.69 Å². The van der Waals surface area contributed by atoms with Crippen molar-refractivity contribution in [1.29, 1.82) is 0 Å². The summed E-state index contributed by atoms with van der Waals surface area (Å²) >= 11 is 0. The Morgan fingerprint density at radius 3 is 2.57 bits per heavy atom. The number of phenols is 1. The fourth-order valence-electron chi connectivity index (χ4n) is 3.09. The summed E-state index contributed by atoms with van der Waals surface area (Å²) in [6, 6.07) is 16.7. The molecule has 1 aliphatic heterocycles. The van der Waals surface area contributed by atoms with Crippen LogP contribution < -0.4 is 20.2 Å². The number of benzene rings is 3. The van der Waals surface area contributed by atoms with E-state index in [4.69, 9.17) is 9.47 Å². The van der Waals surface area contributed by atoms with E-state index >= 15 is 0 Å². The molecule has 0 bridgehead atoms. The van der Waals surface area contributed by atoms with Crippen molar-refractivity contribution in [2.45, 2.75) is 0 Å². The highest BCUT2D eigenvalue weighted by atomic mass is 16.7. The number of nitro groups is 1. The number of non-ortho nitro benzene ring substituents is 1. The van der Waals surface area contributed by atoms with Gasteiger partial charge in [0.1, 0.15) is 11.4 Å². The molecule has 0 aromatic heterocycles. The number of hydrogen-bond acceptors (Lipinski definition) is 8. The maximum Gasteiger partial charge on any atom is 0.287 e. The van der Waals surface area contributed by atoms with E-state index in [1.54, 1.807) is 48.5 Å². The third kappa shape index (κ3) is 5.60. The number of hydrogen-bond donors (Lipinski definition) is 3. The summed E-state index contributed by atoms with van der Waals surface area (Å²) < 4.78 is 10.6. The van der Waals surface area contributed by atoms with Crippen molar-refractivity contribution in [2.24, 2.45) is 5.10 Å². The summed E-state index contributed by atoms with van der Waals surface area (Å²) in [6.07, 6.45) is 2.48. The van der Waals surface area contributed by atoms with Gasteiger partial charge in [-0.25, -0.2) is 5.43 Å². The van der Waals surface area contributed by atoms with E-state index in [1.165, 1.54) is 6.08 Å². The third-order valence-electron chi connectivity index (χ3n) is 4.83. The van der Waals surface area contributed by atoms with Gasteiger partial charge in [0.2, 0.25) is 6.79 Å². The molecule has 3 aromatic carbocycles. The Bertz CT molecular complexity index is 1350. The Morgan fingerprint density at radius 1 is 1.03 bits per heavy atom. The van der Waals surface area contributed by atoms with Crippen molar-refractivity contribution in [1.82, 2.24) is 10.7 Å². The number of phenolic OH excluding ortho intramolecular Hbond substituents is 1. The lowest BCUT2D eigenvalue weighted by Crippen LogP contribution is -2.32. The molecule has 0 saturated carbocycles. The van der Waals surface area contributed by atoms with Gasteiger partial charge in [0, 0.05) is 23.3 Å². The fraction of sp³-hybridized carbons (Fsp3) is 0.0417. The van der Waals surface area contributed by atoms with Crippen LogP contribution in [0.15, 0.2) is 77.5 Å². The minimum Gasteiger partial charge on any atom is -0.507 e. The zero-order valence-corrected chi connectivity index (χ0v) is 18.0. The molecule has 4 rings (SSSR count). The molecular weight excluding hydrogens is 456 g/mol. The molecule has 11 heteroatoms. The Kier molecular flexibility index (Phi) is 6.68. The molecule has 0 saturated heterocycles. The quantitative estimate of drug-likeness (QED) is 0.206. The van der Waals surface area contributed by atoms with Crippen LogP contribution in [0.3, 0.4) is 0 Å². The second-order valence-electron chi connectivity index (χ2n) is 7.19. The predicted molar refractivity (Wildman–Crippen MR) is 125 cm³/mol. The number of nitrogens with zero attached hydrogens (tertiary/aromatic N) is 2. The summed E-state index contributed by atoms with van der Waals surface area (Å²) in [4.78, 5) is 35.9. The van der Waals surface area contributed by atoms with Crippen molar-refractivity contribution in [3.63, 3.8) is 0 Å². The van der Waals surface area contributed by atoms with Gasteiger partial charge in [-0.05, 0) is 42.0 Å². The Morgan fingerprint density at radius 2 is 1.80 bits per heavy atom. The van der Waals surface area contributed by atoms with Crippen LogP contribution in [0.1, 0.15) is 21.5 Å². The van der Waals surface area contributed by atoms with E-state index in [0.29, 0.717) is 22.6 Å². The first kappa shape index (κ1) is 23.0. The molecule has 11 nitrogen and oxygen atoms in total. The first-order valence-corrected chi connectivity index (χ1v) is 10.2. The van der Waals surface area contributed by atoms with Gasteiger partial charge < -0.3 is 19.9 Å². The standard InChI is InChI=1S/C24H18N4O7/c29-20-8-7-18(28(32)33)12-17(20)13-25-27-24(31)19(26-23(30)16-4-2-1-3-5-16)10-15-6-9-21-22(11-15)35-14-34-21/h1-13,29H,14H2,(H,26,30)(H,27,31)/b19-10+,25-13?. The average Bonchev–Trinajstić information content (AvgIpc) is 3.33. The van der Waals surface area contributed by atoms with E-state index in [1.807, 2.05) is 0 Å². The summed E-state index contributed by atoms with van der Waals surface area (Å²) in [7, 11) is 0. The lowest BCUT2D eigenvalue weighted by atomic mass is 10.1. The predicted octanol–water partition coefficient (Wildman–Crippen LogP) is 2.95. The van der Waals surface area contributed by atoms with E-state index in [9.17, 15) is 24.8 Å². The lowest BCUT2D eigenvalue weighted by molar-refractivity contribution is -0.384. The molecule has 0 fully saturated rings. The molecule has 0 radical (unpaired) electrons. The summed E-state index contributed by atoms with van der Waals surface area (Å²) in [5.41, 5.74) is 2.77. The number of nitrogens with one attached hydrogen (secondary N) is 2. The number of aromatic hydroxyl groups is 1. The van der Waals surface area contributed by atoms with Gasteiger partial charge in [-0.15, -0.1) is 0 Å². The van der Waals surface area contributed by atoms with Gasteiger partial charge in [0.15, 0.2) is 11.5 Å². The van der Waals surface area contributed by atoms with Gasteiger partial charge in [0.25, 0.3) is 17.5 Å². The number of rotatable bonds is 7. The number of amides is 2. The molecule has 0 unspecified atom stereocenters. The van der Waals surface area contributed by atoms with Crippen molar-refractivity contribution >= 4 is 29.8 Å². The molecule has 0 aliphatic carbocycles. The van der Waals surface area contributed by atoms with Crippen LogP contribution in [0.25, 0.3) is 6.08 Å². The molecular formula is C24H18N4O7. The molecule has 2 amide bonds. The number of carbonyl (C=O) groups excluding carboxylic acids is 2. The zero-order chi connectivity index (χ0) is 24.8. The van der Waals surface area contributed by atoms with Gasteiger partial charge in [-0.3, -0.25) is 19.7 Å². The third-order valence-corrected chi connectivity index (χ3v) is 4.83. The second-order valence-corrected chi connectivity index (χ2v) is 7.19. The first-order valence-electron chi connectivity index (χ1n) is 10.2. The molecule has 35 heavy (non-hydrogen) atoms. The summed E-state index contributed by atoms with van der Waals surface area (Å²) in [6.45, 7) is 0.0831. The highest BCUT2D eigenvalue weighted by molar-refractivity contribution is 6.05. The normalized spacial score (nSPS) is 12.4. The molecule has 3 aromatic rings. The summed E-state index contributed by atoms with van der Waals surface area (Å²) in [5.74, 6) is -0.502. The van der Waals surface area contributed by atoms with E-state index in [0.717, 1.165) is 24.4 Å². The molecule has 0 spiro atoms. The van der Waals surface area contributed by atoms with Gasteiger partial charge in [-0.2, -0.15) is 5.10 Å². The maximum atomic E-state index is 12.9. The van der Waals surface area contributed by atoms with Gasteiger partial charge in [-0.1, -0.05) is 24.3 Å². The van der Waals surface area contributed by atoms with Crippen LogP contribution in [0.2, 0.25) is 0 Å². The van der Waals surface area contributed by atoms with Crippen LogP contribution in [0, 0.1) is 10.1 Å². The molecule has 1 heterocycles. The Hall–Kier alpha value is -5.19. The Labute approximate surface area is 198 Å². The van der Waals surface area contributed by atoms with Crippen molar-refractivity contribution < 1.29 is 29.1 Å². The fourth-order valence-corrected chi connectivity index (χ4v) is 3.09. The lowest BCUT2D eigenvalue weighted by Gasteiger charge is -2.09. The molecule has 3 N–H and O–H groups in total. The minimum absolute atomic E-state index is 0.0223. The van der Waals surface area contributed by atoms with Crippen LogP contribution >= 0.6 is 0 Å². The maximum absolute atomic E-state index is 12.9. The van der Waals surface area contributed by atoms with Crippen molar-refractivity contribution in [3.05, 3.63) is 99.2 Å². The van der Waals surface area contributed by atoms with Crippen molar-refractivity contribution in [2.75, 3.05) is 6.79 Å². The van der Waals surface area contributed by atoms with E-state index in [2.05, 4.69) is 15.8 Å². The number of nitro benzene ring substituents is 1. The molecule has 1 aliphatic rings. The molecule has 0 atom stereocenters.